The molecule has 2 aliphatic heterocycles. The smallest absolute Gasteiger partial charge is 0.341 e. The third kappa shape index (κ3) is 3.41. The SMILES string of the molecule is CCC1CCN(C(=O)C2CCC(C(F)(F)F)CN2)C1. The van der Waals surface area contributed by atoms with Crippen molar-refractivity contribution in [3.8, 4) is 0 Å². The van der Waals surface area contributed by atoms with Crippen LogP contribution in [0.4, 0.5) is 13.2 Å². The molecule has 2 rings (SSSR count). The molecule has 6 heteroatoms. The van der Waals surface area contributed by atoms with Crippen molar-refractivity contribution in [1.29, 1.82) is 0 Å². The first-order valence-corrected chi connectivity index (χ1v) is 7.00. The molecule has 1 amide bonds. The van der Waals surface area contributed by atoms with Crippen molar-refractivity contribution in [2.75, 3.05) is 19.6 Å². The molecule has 0 bridgehead atoms. The van der Waals surface area contributed by atoms with Crippen LogP contribution in [-0.4, -0.2) is 42.7 Å². The molecule has 1 N–H and O–H groups in total. The zero-order chi connectivity index (χ0) is 14.0. The Morgan fingerprint density at radius 1 is 1.32 bits per heavy atom. The predicted molar refractivity (Wildman–Crippen MR) is 65.5 cm³/mol. The molecule has 110 valence electrons. The number of amides is 1. The molecule has 3 atom stereocenters. The van der Waals surface area contributed by atoms with E-state index in [2.05, 4.69) is 12.2 Å². The molecule has 0 aliphatic carbocycles. The Morgan fingerprint density at radius 2 is 2.05 bits per heavy atom. The Bertz CT molecular complexity index is 324. The number of hydrogen-bond donors (Lipinski definition) is 1. The molecule has 3 unspecified atom stereocenters. The van der Waals surface area contributed by atoms with Gasteiger partial charge in [-0.25, -0.2) is 0 Å². The van der Waals surface area contributed by atoms with E-state index in [0.717, 1.165) is 25.9 Å². The summed E-state index contributed by atoms with van der Waals surface area (Å²) in [6, 6.07) is -0.422. The van der Waals surface area contributed by atoms with Gasteiger partial charge in [0.2, 0.25) is 5.91 Å². The van der Waals surface area contributed by atoms with Crippen molar-refractivity contribution in [1.82, 2.24) is 10.2 Å². The van der Waals surface area contributed by atoms with Crippen LogP contribution in [0.15, 0.2) is 0 Å². The molecule has 2 fully saturated rings. The van der Waals surface area contributed by atoms with E-state index in [-0.39, 0.29) is 25.3 Å². The first-order chi connectivity index (χ1) is 8.91. The van der Waals surface area contributed by atoms with E-state index in [1.807, 2.05) is 0 Å². The first-order valence-electron chi connectivity index (χ1n) is 7.00. The molecule has 0 aromatic carbocycles. The number of carbonyl (C=O) groups excluding carboxylic acids is 1. The van der Waals surface area contributed by atoms with Gasteiger partial charge in [-0.1, -0.05) is 13.3 Å². The average molecular weight is 278 g/mol. The van der Waals surface area contributed by atoms with Crippen LogP contribution >= 0.6 is 0 Å². The number of likely N-dealkylation sites (tertiary alicyclic amines) is 1. The van der Waals surface area contributed by atoms with E-state index < -0.39 is 18.1 Å². The summed E-state index contributed by atoms with van der Waals surface area (Å²) in [6.07, 6.45) is -1.74. The fraction of sp³-hybridized carbons (Fsp3) is 0.923. The van der Waals surface area contributed by atoms with Crippen molar-refractivity contribution in [2.45, 2.75) is 44.8 Å². The highest BCUT2D eigenvalue weighted by atomic mass is 19.4. The summed E-state index contributed by atoms with van der Waals surface area (Å²) < 4.78 is 37.6. The molecule has 3 nitrogen and oxygen atoms in total. The van der Waals surface area contributed by atoms with Gasteiger partial charge in [-0.05, 0) is 25.2 Å². The van der Waals surface area contributed by atoms with Crippen LogP contribution < -0.4 is 5.32 Å². The van der Waals surface area contributed by atoms with Crippen molar-refractivity contribution in [2.24, 2.45) is 11.8 Å². The van der Waals surface area contributed by atoms with Crippen molar-refractivity contribution < 1.29 is 18.0 Å². The zero-order valence-electron chi connectivity index (χ0n) is 11.2. The lowest BCUT2D eigenvalue weighted by molar-refractivity contribution is -0.180. The molecule has 0 radical (unpaired) electrons. The van der Waals surface area contributed by atoms with Gasteiger partial charge < -0.3 is 10.2 Å². The average Bonchev–Trinajstić information content (AvgIpc) is 2.86. The Hall–Kier alpha value is -0.780. The molecule has 2 saturated heterocycles. The maximum absolute atomic E-state index is 12.5. The Kier molecular flexibility index (Phi) is 4.38. The minimum Gasteiger partial charge on any atom is -0.341 e. The van der Waals surface area contributed by atoms with E-state index in [9.17, 15) is 18.0 Å². The summed E-state index contributed by atoms with van der Waals surface area (Å²) in [5, 5.41) is 2.77. The van der Waals surface area contributed by atoms with Crippen LogP contribution in [-0.2, 0) is 4.79 Å². The van der Waals surface area contributed by atoms with Crippen LogP contribution in [0, 0.1) is 11.8 Å². The molecule has 0 saturated carbocycles. The normalized spacial score (nSPS) is 32.6. The predicted octanol–water partition coefficient (Wildman–Crippen LogP) is 2.18. The van der Waals surface area contributed by atoms with Crippen molar-refractivity contribution in [3.05, 3.63) is 0 Å². The minimum atomic E-state index is -4.15. The maximum Gasteiger partial charge on any atom is 0.393 e. The number of nitrogens with one attached hydrogen (secondary N) is 1. The lowest BCUT2D eigenvalue weighted by Gasteiger charge is -2.32. The zero-order valence-corrected chi connectivity index (χ0v) is 11.2. The summed E-state index contributed by atoms with van der Waals surface area (Å²) >= 11 is 0. The number of piperidine rings is 1. The monoisotopic (exact) mass is 278 g/mol. The summed E-state index contributed by atoms with van der Waals surface area (Å²) in [5.74, 6) is -0.773. The summed E-state index contributed by atoms with van der Waals surface area (Å²) in [4.78, 5) is 14.0. The lowest BCUT2D eigenvalue weighted by Crippen LogP contribution is -2.52. The third-order valence-electron chi connectivity index (χ3n) is 4.35. The Labute approximate surface area is 111 Å². The largest absolute Gasteiger partial charge is 0.393 e. The van der Waals surface area contributed by atoms with Gasteiger partial charge in [0.05, 0.1) is 12.0 Å². The molecule has 2 heterocycles. The number of hydrogen-bond acceptors (Lipinski definition) is 2. The summed E-state index contributed by atoms with van der Waals surface area (Å²) in [5.41, 5.74) is 0. The van der Waals surface area contributed by atoms with Crippen LogP contribution in [0.1, 0.15) is 32.6 Å². The summed E-state index contributed by atoms with van der Waals surface area (Å²) in [6.45, 7) is 3.48. The second-order valence-corrected chi connectivity index (χ2v) is 5.62. The van der Waals surface area contributed by atoms with Gasteiger partial charge in [0.15, 0.2) is 0 Å². The number of halogens is 3. The second-order valence-electron chi connectivity index (χ2n) is 5.62. The molecule has 2 aliphatic rings. The van der Waals surface area contributed by atoms with Gasteiger partial charge in [-0.15, -0.1) is 0 Å². The van der Waals surface area contributed by atoms with E-state index in [0.29, 0.717) is 5.92 Å². The minimum absolute atomic E-state index is 0.0171. The van der Waals surface area contributed by atoms with Crippen molar-refractivity contribution in [3.63, 3.8) is 0 Å². The van der Waals surface area contributed by atoms with Crippen LogP contribution in [0.3, 0.4) is 0 Å². The Balaban J connectivity index is 1.83. The van der Waals surface area contributed by atoms with E-state index in [4.69, 9.17) is 0 Å². The van der Waals surface area contributed by atoms with Gasteiger partial charge in [0.25, 0.3) is 0 Å². The van der Waals surface area contributed by atoms with Crippen molar-refractivity contribution >= 4 is 5.91 Å². The molecule has 0 aromatic rings. The van der Waals surface area contributed by atoms with E-state index in [1.165, 1.54) is 0 Å². The highest BCUT2D eigenvalue weighted by molar-refractivity contribution is 5.82. The molecule has 0 aromatic heterocycles. The van der Waals surface area contributed by atoms with E-state index in [1.54, 1.807) is 4.90 Å². The van der Waals surface area contributed by atoms with Crippen LogP contribution in [0.5, 0.6) is 0 Å². The first kappa shape index (κ1) is 14.6. The number of carbonyl (C=O) groups is 1. The molecule has 19 heavy (non-hydrogen) atoms. The fourth-order valence-electron chi connectivity index (χ4n) is 2.93. The quantitative estimate of drug-likeness (QED) is 0.839. The van der Waals surface area contributed by atoms with Gasteiger partial charge >= 0.3 is 6.18 Å². The fourth-order valence-corrected chi connectivity index (χ4v) is 2.93. The molecular formula is C13H21F3N2O. The summed E-state index contributed by atoms with van der Waals surface area (Å²) in [7, 11) is 0. The molecule has 0 spiro atoms. The van der Waals surface area contributed by atoms with Crippen LogP contribution in [0.25, 0.3) is 0 Å². The number of rotatable bonds is 2. The molecular weight excluding hydrogens is 257 g/mol. The lowest BCUT2D eigenvalue weighted by atomic mass is 9.93. The highest BCUT2D eigenvalue weighted by Gasteiger charge is 2.43. The number of nitrogens with zero attached hydrogens (tertiary/aromatic N) is 1. The van der Waals surface area contributed by atoms with Gasteiger partial charge in [-0.3, -0.25) is 4.79 Å². The topological polar surface area (TPSA) is 32.3 Å². The standard InChI is InChI=1S/C13H21F3N2O/c1-2-9-5-6-18(8-9)12(19)11-4-3-10(7-17-11)13(14,15)16/h9-11,17H,2-8H2,1H3. The van der Waals surface area contributed by atoms with Gasteiger partial charge in [0, 0.05) is 19.6 Å². The van der Waals surface area contributed by atoms with E-state index >= 15 is 0 Å². The van der Waals surface area contributed by atoms with Gasteiger partial charge in [0.1, 0.15) is 0 Å². The Morgan fingerprint density at radius 3 is 2.53 bits per heavy atom. The van der Waals surface area contributed by atoms with Gasteiger partial charge in [-0.2, -0.15) is 13.2 Å². The highest BCUT2D eigenvalue weighted by Crippen LogP contribution is 2.32. The third-order valence-corrected chi connectivity index (χ3v) is 4.35. The second kappa shape index (κ2) is 5.69. The number of alkyl halides is 3. The van der Waals surface area contributed by atoms with Crippen LogP contribution in [0.2, 0.25) is 0 Å². The maximum atomic E-state index is 12.5.